The molecule has 1 aromatic heterocycles. The molecule has 0 saturated carbocycles. The van der Waals surface area contributed by atoms with Crippen LogP contribution in [0.25, 0.3) is 10.8 Å². The van der Waals surface area contributed by atoms with E-state index in [1.165, 1.54) is 0 Å². The Morgan fingerprint density at radius 2 is 1.74 bits per heavy atom. The Bertz CT molecular complexity index is 1230. The number of hydrogen-bond acceptors (Lipinski definition) is 8. The van der Waals surface area contributed by atoms with Crippen molar-refractivity contribution in [3.63, 3.8) is 0 Å². The minimum atomic E-state index is -0.541. The number of nitrogens with one attached hydrogen (secondary N) is 1. The van der Waals surface area contributed by atoms with Crippen molar-refractivity contribution in [2.45, 2.75) is 13.5 Å². The molecule has 8 heteroatoms. The molecule has 0 unspecified atom stereocenters. The van der Waals surface area contributed by atoms with E-state index < -0.39 is 5.97 Å². The fourth-order valence-corrected chi connectivity index (χ4v) is 2.98. The van der Waals surface area contributed by atoms with E-state index in [0.29, 0.717) is 5.75 Å². The summed E-state index contributed by atoms with van der Waals surface area (Å²) in [6.07, 6.45) is 0. The summed E-state index contributed by atoms with van der Waals surface area (Å²) in [6, 6.07) is 21.2. The van der Waals surface area contributed by atoms with Crippen LogP contribution in [0, 0.1) is 6.92 Å². The van der Waals surface area contributed by atoms with Gasteiger partial charge in [-0.1, -0.05) is 48.5 Å². The summed E-state index contributed by atoms with van der Waals surface area (Å²) in [6.45, 7) is 1.59. The highest BCUT2D eigenvalue weighted by molar-refractivity contribution is 5.83. The van der Waals surface area contributed by atoms with E-state index in [4.69, 9.17) is 15.2 Å². The first-order valence-corrected chi connectivity index (χ1v) is 9.67. The third kappa shape index (κ3) is 5.24. The number of nitrogens with two attached hydrogens (primary N) is 1. The van der Waals surface area contributed by atoms with Gasteiger partial charge < -0.3 is 20.5 Å². The molecule has 3 aromatic carbocycles. The number of benzene rings is 3. The quantitative estimate of drug-likeness (QED) is 0.439. The highest BCUT2D eigenvalue weighted by Gasteiger charge is 2.10. The van der Waals surface area contributed by atoms with E-state index in [-0.39, 0.29) is 30.9 Å². The maximum atomic E-state index is 12.1. The summed E-state index contributed by atoms with van der Waals surface area (Å²) in [5.41, 5.74) is 7.65. The zero-order valence-corrected chi connectivity index (χ0v) is 16.9. The number of carbonyl (C=O) groups excluding carboxylic acids is 1. The zero-order chi connectivity index (χ0) is 21.6. The van der Waals surface area contributed by atoms with Crippen LogP contribution in [0.5, 0.6) is 5.75 Å². The molecule has 156 valence electrons. The second-order valence-electron chi connectivity index (χ2n) is 6.83. The van der Waals surface area contributed by atoms with Crippen molar-refractivity contribution in [2.24, 2.45) is 0 Å². The Labute approximate surface area is 179 Å². The first-order valence-electron chi connectivity index (χ1n) is 9.67. The fraction of sp³-hybridized carbons (Fsp3) is 0.130. The molecule has 0 atom stereocenters. The van der Waals surface area contributed by atoms with Crippen LogP contribution in [0.3, 0.4) is 0 Å². The number of hydrogen-bond donors (Lipinski definition) is 2. The van der Waals surface area contributed by atoms with Gasteiger partial charge in [-0.05, 0) is 41.5 Å². The Morgan fingerprint density at radius 3 is 2.58 bits per heavy atom. The first kappa shape index (κ1) is 20.1. The number of fused-ring (bicyclic) bond motifs is 1. The highest BCUT2D eigenvalue weighted by Crippen LogP contribution is 2.21. The van der Waals surface area contributed by atoms with E-state index in [2.05, 4.69) is 20.3 Å². The molecule has 31 heavy (non-hydrogen) atoms. The molecule has 0 saturated heterocycles. The predicted octanol–water partition coefficient (Wildman–Crippen LogP) is 3.78. The van der Waals surface area contributed by atoms with Crippen molar-refractivity contribution in [1.82, 2.24) is 15.0 Å². The number of para-hydroxylation sites is 1. The SMILES string of the molecule is Cc1ccccc1Nc1nc(N)nc(COC(=O)COc2ccc3ccccc3c2)n1. The van der Waals surface area contributed by atoms with Crippen LogP contribution in [0.15, 0.2) is 66.7 Å². The number of carbonyl (C=O) groups is 1. The summed E-state index contributed by atoms with van der Waals surface area (Å²) in [5.74, 6) is 0.595. The molecular formula is C23H21N5O3. The molecule has 0 aliphatic rings. The Morgan fingerprint density at radius 1 is 0.968 bits per heavy atom. The molecule has 8 nitrogen and oxygen atoms in total. The van der Waals surface area contributed by atoms with Crippen LogP contribution in [0.1, 0.15) is 11.4 Å². The van der Waals surface area contributed by atoms with E-state index in [1.807, 2.05) is 73.7 Å². The van der Waals surface area contributed by atoms with Crippen LogP contribution in [0.2, 0.25) is 0 Å². The normalized spacial score (nSPS) is 10.6. The van der Waals surface area contributed by atoms with E-state index >= 15 is 0 Å². The van der Waals surface area contributed by atoms with Crippen molar-refractivity contribution < 1.29 is 14.3 Å². The molecule has 4 aromatic rings. The average Bonchev–Trinajstić information content (AvgIpc) is 2.77. The highest BCUT2D eigenvalue weighted by atomic mass is 16.6. The lowest BCUT2D eigenvalue weighted by Crippen LogP contribution is -2.16. The predicted molar refractivity (Wildman–Crippen MR) is 118 cm³/mol. The van der Waals surface area contributed by atoms with E-state index in [9.17, 15) is 4.79 Å². The average molecular weight is 415 g/mol. The summed E-state index contributed by atoms with van der Waals surface area (Å²) >= 11 is 0. The largest absolute Gasteiger partial charge is 0.482 e. The van der Waals surface area contributed by atoms with Crippen molar-refractivity contribution >= 4 is 34.3 Å². The number of aryl methyl sites for hydroxylation is 1. The maximum Gasteiger partial charge on any atom is 0.344 e. The molecular weight excluding hydrogens is 394 g/mol. The molecule has 0 spiro atoms. The third-order valence-electron chi connectivity index (χ3n) is 4.53. The van der Waals surface area contributed by atoms with Crippen LogP contribution in [-0.2, 0) is 16.1 Å². The van der Waals surface area contributed by atoms with Crippen LogP contribution in [-0.4, -0.2) is 27.5 Å². The number of ether oxygens (including phenoxy) is 2. The van der Waals surface area contributed by atoms with Gasteiger partial charge in [0.05, 0.1) is 0 Å². The minimum Gasteiger partial charge on any atom is -0.482 e. The first-order chi connectivity index (χ1) is 15.1. The third-order valence-corrected chi connectivity index (χ3v) is 4.53. The molecule has 0 aliphatic carbocycles. The van der Waals surface area contributed by atoms with E-state index in [1.54, 1.807) is 0 Å². The number of esters is 1. The van der Waals surface area contributed by atoms with Gasteiger partial charge in [0.2, 0.25) is 11.9 Å². The molecule has 0 fully saturated rings. The molecule has 1 heterocycles. The number of anilines is 3. The van der Waals surface area contributed by atoms with Crippen LogP contribution in [0.4, 0.5) is 17.6 Å². The van der Waals surface area contributed by atoms with Gasteiger partial charge in [-0.15, -0.1) is 0 Å². The van der Waals surface area contributed by atoms with Crippen LogP contribution >= 0.6 is 0 Å². The maximum absolute atomic E-state index is 12.1. The van der Waals surface area contributed by atoms with Gasteiger partial charge in [0, 0.05) is 5.69 Å². The number of aromatic nitrogens is 3. The number of nitrogens with zero attached hydrogens (tertiary/aromatic N) is 3. The Kier molecular flexibility index (Phi) is 5.89. The second kappa shape index (κ2) is 9.08. The molecule has 4 rings (SSSR count). The van der Waals surface area contributed by atoms with Crippen molar-refractivity contribution in [3.05, 3.63) is 78.1 Å². The van der Waals surface area contributed by atoms with Gasteiger partial charge in [-0.3, -0.25) is 0 Å². The summed E-state index contributed by atoms with van der Waals surface area (Å²) in [7, 11) is 0. The van der Waals surface area contributed by atoms with Gasteiger partial charge in [-0.2, -0.15) is 15.0 Å². The lowest BCUT2D eigenvalue weighted by Gasteiger charge is -2.10. The van der Waals surface area contributed by atoms with Gasteiger partial charge in [0.15, 0.2) is 19.0 Å². The van der Waals surface area contributed by atoms with Gasteiger partial charge >= 0.3 is 5.97 Å². The van der Waals surface area contributed by atoms with Gasteiger partial charge in [0.1, 0.15) is 5.75 Å². The fourth-order valence-electron chi connectivity index (χ4n) is 2.98. The summed E-state index contributed by atoms with van der Waals surface area (Å²) in [4.78, 5) is 24.5. The summed E-state index contributed by atoms with van der Waals surface area (Å²) in [5, 5.41) is 5.22. The number of rotatable bonds is 7. The Hall–Kier alpha value is -4.20. The topological polar surface area (TPSA) is 112 Å². The van der Waals surface area contributed by atoms with Gasteiger partial charge in [0.25, 0.3) is 0 Å². The standard InChI is InChI=1S/C23H21N5O3/c1-15-6-2-5-9-19(15)25-23-27-20(26-22(24)28-23)13-31-21(29)14-30-18-11-10-16-7-3-4-8-17(16)12-18/h2-12H,13-14H2,1H3,(H3,24,25,26,27,28). The summed E-state index contributed by atoms with van der Waals surface area (Å²) < 4.78 is 10.8. The molecule has 0 aliphatic heterocycles. The minimum absolute atomic E-state index is 0.0320. The van der Waals surface area contributed by atoms with E-state index in [0.717, 1.165) is 22.0 Å². The van der Waals surface area contributed by atoms with Crippen molar-refractivity contribution in [3.8, 4) is 5.75 Å². The monoisotopic (exact) mass is 415 g/mol. The van der Waals surface area contributed by atoms with Gasteiger partial charge in [-0.25, -0.2) is 4.79 Å². The smallest absolute Gasteiger partial charge is 0.344 e. The Balaban J connectivity index is 1.34. The van der Waals surface area contributed by atoms with Crippen molar-refractivity contribution in [2.75, 3.05) is 17.7 Å². The van der Waals surface area contributed by atoms with Crippen molar-refractivity contribution in [1.29, 1.82) is 0 Å². The molecule has 0 radical (unpaired) electrons. The lowest BCUT2D eigenvalue weighted by atomic mass is 10.1. The van der Waals surface area contributed by atoms with Crippen LogP contribution < -0.4 is 15.8 Å². The lowest BCUT2D eigenvalue weighted by molar-refractivity contribution is -0.147. The zero-order valence-electron chi connectivity index (χ0n) is 16.9. The molecule has 3 N–H and O–H groups in total. The molecule has 0 amide bonds. The number of nitrogen functional groups attached to an aromatic ring is 1. The molecule has 0 bridgehead atoms. The second-order valence-corrected chi connectivity index (χ2v) is 6.83.